The molecule has 0 saturated carbocycles. The molecule has 0 saturated heterocycles. The minimum absolute atomic E-state index is 0.0700. The Morgan fingerprint density at radius 3 is 2.31 bits per heavy atom. The number of carbonyl (C=O) groups excluding carboxylic acids is 2. The Hall–Kier alpha value is -3.08. The van der Waals surface area contributed by atoms with Crippen LogP contribution >= 0.6 is 0 Å². The first-order valence-corrected chi connectivity index (χ1v) is 9.88. The molecule has 0 unspecified atom stereocenters. The van der Waals surface area contributed by atoms with Crippen LogP contribution in [-0.4, -0.2) is 29.9 Å². The lowest BCUT2D eigenvalue weighted by atomic mass is 9.86. The van der Waals surface area contributed by atoms with E-state index in [2.05, 4.69) is 32.9 Å². The minimum Gasteiger partial charge on any atom is -0.452 e. The molecule has 5 heteroatoms. The predicted octanol–water partition coefficient (Wildman–Crippen LogP) is 5.44. The maximum atomic E-state index is 12.7. The van der Waals surface area contributed by atoms with Crippen molar-refractivity contribution in [2.24, 2.45) is 0 Å². The number of amides is 1. The van der Waals surface area contributed by atoms with E-state index in [1.54, 1.807) is 29.2 Å². The highest BCUT2D eigenvalue weighted by Gasteiger charge is 2.28. The van der Waals surface area contributed by atoms with Gasteiger partial charge in [0.1, 0.15) is 11.5 Å². The quantitative estimate of drug-likeness (QED) is 0.649. The maximum absolute atomic E-state index is 12.7. The van der Waals surface area contributed by atoms with Crippen LogP contribution in [0, 0.1) is 0 Å². The molecule has 29 heavy (non-hydrogen) atoms. The molecule has 5 nitrogen and oxygen atoms in total. The van der Waals surface area contributed by atoms with Gasteiger partial charge >= 0.3 is 6.09 Å². The van der Waals surface area contributed by atoms with Crippen molar-refractivity contribution < 1.29 is 19.1 Å². The van der Waals surface area contributed by atoms with Gasteiger partial charge in [-0.25, -0.2) is 4.79 Å². The molecule has 1 aliphatic rings. The zero-order chi connectivity index (χ0) is 21.2. The number of carbonyl (C=O) groups is 2. The molecule has 0 fully saturated rings. The van der Waals surface area contributed by atoms with Crippen molar-refractivity contribution in [1.82, 2.24) is 4.90 Å². The van der Waals surface area contributed by atoms with Crippen LogP contribution in [0.15, 0.2) is 48.2 Å². The molecule has 2 aromatic carbocycles. The Morgan fingerprint density at radius 2 is 1.72 bits per heavy atom. The molecule has 0 aromatic heterocycles. The molecule has 0 radical (unpaired) electrons. The molecule has 2 aromatic rings. The molecule has 0 bridgehead atoms. The number of allylic oxidation sites excluding steroid dienone is 1. The summed E-state index contributed by atoms with van der Waals surface area (Å²) in [5.74, 6) is 0.832. The molecule has 0 spiro atoms. The number of hydrogen-bond donors (Lipinski definition) is 0. The number of benzene rings is 2. The first kappa shape index (κ1) is 20.6. The summed E-state index contributed by atoms with van der Waals surface area (Å²) >= 11 is 0. The zero-order valence-corrected chi connectivity index (χ0v) is 17.6. The molecular weight excluding hydrogens is 366 g/mol. The fourth-order valence-corrected chi connectivity index (χ4v) is 3.11. The van der Waals surface area contributed by atoms with Gasteiger partial charge < -0.3 is 14.4 Å². The van der Waals surface area contributed by atoms with Gasteiger partial charge in [-0.1, -0.05) is 45.0 Å². The first-order valence-electron chi connectivity index (χ1n) is 9.88. The second-order valence-electron chi connectivity index (χ2n) is 8.01. The average Bonchev–Trinajstić information content (AvgIpc) is 2.97. The lowest BCUT2D eigenvalue weighted by Gasteiger charge is -2.18. The number of nitrogens with zero attached hydrogens (tertiary/aromatic N) is 1. The highest BCUT2D eigenvalue weighted by molar-refractivity contribution is 6.14. The van der Waals surface area contributed by atoms with E-state index in [1.807, 2.05) is 26.0 Å². The van der Waals surface area contributed by atoms with Gasteiger partial charge in [0.2, 0.25) is 5.78 Å². The van der Waals surface area contributed by atoms with Crippen LogP contribution in [0.5, 0.6) is 11.5 Å². The van der Waals surface area contributed by atoms with Gasteiger partial charge in [-0.05, 0) is 48.6 Å². The van der Waals surface area contributed by atoms with Gasteiger partial charge in [-0.15, -0.1) is 0 Å². The Balaban J connectivity index is 1.78. The second kappa shape index (κ2) is 8.11. The summed E-state index contributed by atoms with van der Waals surface area (Å²) in [5, 5.41) is 0. The number of rotatable bonds is 4. The summed E-state index contributed by atoms with van der Waals surface area (Å²) < 4.78 is 11.2. The average molecular weight is 393 g/mol. The fourth-order valence-electron chi connectivity index (χ4n) is 3.11. The lowest BCUT2D eigenvalue weighted by molar-refractivity contribution is 0.101. The highest BCUT2D eigenvalue weighted by atomic mass is 16.6. The summed E-state index contributed by atoms with van der Waals surface area (Å²) in [6.45, 7) is 11.4. The molecule has 0 aliphatic carbocycles. The zero-order valence-electron chi connectivity index (χ0n) is 17.6. The van der Waals surface area contributed by atoms with Crippen molar-refractivity contribution in [2.45, 2.75) is 40.0 Å². The van der Waals surface area contributed by atoms with Crippen LogP contribution < -0.4 is 9.47 Å². The number of fused-ring (bicyclic) bond motifs is 1. The number of ether oxygens (including phenoxy) is 2. The summed E-state index contributed by atoms with van der Waals surface area (Å²) in [4.78, 5) is 26.4. The van der Waals surface area contributed by atoms with Crippen LogP contribution in [0.4, 0.5) is 4.79 Å². The molecule has 3 rings (SSSR count). The third-order valence-corrected chi connectivity index (χ3v) is 4.94. The number of hydrogen-bond acceptors (Lipinski definition) is 4. The Labute approximate surface area is 171 Å². The van der Waals surface area contributed by atoms with Gasteiger partial charge in [0, 0.05) is 19.2 Å². The van der Waals surface area contributed by atoms with Crippen LogP contribution in [0.25, 0.3) is 6.08 Å². The third kappa shape index (κ3) is 4.50. The summed E-state index contributed by atoms with van der Waals surface area (Å²) in [6.07, 6.45) is 1.31. The summed E-state index contributed by atoms with van der Waals surface area (Å²) in [6, 6.07) is 12.9. The summed E-state index contributed by atoms with van der Waals surface area (Å²) in [5.41, 5.74) is 2.65. The number of ketones is 1. The van der Waals surface area contributed by atoms with Gasteiger partial charge in [0.15, 0.2) is 5.76 Å². The molecule has 1 aliphatic heterocycles. The third-order valence-electron chi connectivity index (χ3n) is 4.94. The van der Waals surface area contributed by atoms with Crippen LogP contribution in [0.1, 0.15) is 56.1 Å². The van der Waals surface area contributed by atoms with Crippen LogP contribution in [0.3, 0.4) is 0 Å². The van der Waals surface area contributed by atoms with E-state index in [1.165, 1.54) is 5.56 Å². The normalized spacial score (nSPS) is 14.5. The van der Waals surface area contributed by atoms with E-state index in [0.717, 1.165) is 5.56 Å². The van der Waals surface area contributed by atoms with Crippen molar-refractivity contribution in [3.8, 4) is 11.5 Å². The van der Waals surface area contributed by atoms with Crippen molar-refractivity contribution in [3.05, 3.63) is 64.9 Å². The SMILES string of the molecule is CCN(CC)C(=O)Oc1ccc2c(c1)O/C(=C/c1ccc(C(C)(C)C)cc1)C2=O. The Bertz CT molecular complexity index is 948. The van der Waals surface area contributed by atoms with Crippen LogP contribution in [-0.2, 0) is 5.41 Å². The fraction of sp³-hybridized carbons (Fsp3) is 0.333. The smallest absolute Gasteiger partial charge is 0.415 e. The molecule has 1 heterocycles. The molecule has 1 amide bonds. The van der Waals surface area contributed by atoms with Crippen molar-refractivity contribution in [1.29, 1.82) is 0 Å². The first-order chi connectivity index (χ1) is 13.7. The summed E-state index contributed by atoms with van der Waals surface area (Å²) in [7, 11) is 0. The maximum Gasteiger partial charge on any atom is 0.415 e. The molecule has 0 N–H and O–H groups in total. The largest absolute Gasteiger partial charge is 0.452 e. The van der Waals surface area contributed by atoms with E-state index >= 15 is 0 Å². The van der Waals surface area contributed by atoms with Gasteiger partial charge in [0.25, 0.3) is 0 Å². The number of Topliss-reactive ketones (excluding diaryl/α,β-unsaturated/α-hetero) is 1. The van der Waals surface area contributed by atoms with Gasteiger partial charge in [-0.2, -0.15) is 0 Å². The van der Waals surface area contributed by atoms with Gasteiger partial charge in [0.05, 0.1) is 5.56 Å². The van der Waals surface area contributed by atoms with Crippen LogP contribution in [0.2, 0.25) is 0 Å². The Kier molecular flexibility index (Phi) is 5.78. The molecule has 152 valence electrons. The molecule has 0 atom stereocenters. The van der Waals surface area contributed by atoms with Crippen molar-refractivity contribution in [3.63, 3.8) is 0 Å². The lowest BCUT2D eigenvalue weighted by Crippen LogP contribution is -2.33. The van der Waals surface area contributed by atoms with Gasteiger partial charge in [-0.3, -0.25) is 4.79 Å². The van der Waals surface area contributed by atoms with E-state index in [0.29, 0.717) is 30.2 Å². The van der Waals surface area contributed by atoms with E-state index in [-0.39, 0.29) is 17.0 Å². The Morgan fingerprint density at radius 1 is 1.07 bits per heavy atom. The van der Waals surface area contributed by atoms with E-state index < -0.39 is 6.09 Å². The highest BCUT2D eigenvalue weighted by Crippen LogP contribution is 2.35. The van der Waals surface area contributed by atoms with Crippen molar-refractivity contribution in [2.75, 3.05) is 13.1 Å². The topological polar surface area (TPSA) is 55.8 Å². The van der Waals surface area contributed by atoms with E-state index in [4.69, 9.17) is 9.47 Å². The second-order valence-corrected chi connectivity index (χ2v) is 8.01. The minimum atomic E-state index is -0.422. The monoisotopic (exact) mass is 393 g/mol. The van der Waals surface area contributed by atoms with E-state index in [9.17, 15) is 9.59 Å². The standard InChI is InChI=1S/C24H27NO4/c1-6-25(7-2)23(27)28-18-12-13-19-20(15-18)29-21(22(19)26)14-16-8-10-17(11-9-16)24(3,4)5/h8-15H,6-7H2,1-5H3/b21-14+. The molecular formula is C24H27NO4. The predicted molar refractivity (Wildman–Crippen MR) is 113 cm³/mol. The van der Waals surface area contributed by atoms with Crippen molar-refractivity contribution >= 4 is 18.0 Å².